The van der Waals surface area contributed by atoms with E-state index in [1.165, 1.54) is 36.0 Å². The fourth-order valence-electron chi connectivity index (χ4n) is 8.66. The molecule has 1 aromatic carbocycles. The van der Waals surface area contributed by atoms with Gasteiger partial charge in [-0.1, -0.05) is 18.2 Å². The van der Waals surface area contributed by atoms with Crippen molar-refractivity contribution in [2.75, 3.05) is 39.4 Å². The number of benzene rings is 1. The molecule has 34 heavy (non-hydrogen) atoms. The predicted octanol–water partition coefficient (Wildman–Crippen LogP) is 4.24. The second-order valence-corrected chi connectivity index (χ2v) is 12.3. The number of nitrogens with zero attached hydrogens (tertiary/aromatic N) is 2. The minimum Gasteiger partial charge on any atom is -0.378 e. The maximum absolute atomic E-state index is 14.3. The molecule has 5 heteroatoms. The van der Waals surface area contributed by atoms with Gasteiger partial charge in [-0.15, -0.1) is 0 Å². The first-order valence-corrected chi connectivity index (χ1v) is 13.6. The van der Waals surface area contributed by atoms with Crippen LogP contribution in [0.5, 0.6) is 0 Å². The molecule has 0 spiro atoms. The van der Waals surface area contributed by atoms with E-state index in [-0.39, 0.29) is 22.7 Å². The lowest BCUT2D eigenvalue weighted by molar-refractivity contribution is -0.163. The van der Waals surface area contributed by atoms with Gasteiger partial charge in [-0.05, 0) is 99.2 Å². The smallest absolute Gasteiger partial charge is 0.228 e. The summed E-state index contributed by atoms with van der Waals surface area (Å²) in [6.45, 7) is 8.49. The Kier molecular flexibility index (Phi) is 5.55. The second-order valence-electron chi connectivity index (χ2n) is 12.3. The van der Waals surface area contributed by atoms with Crippen molar-refractivity contribution in [2.45, 2.75) is 70.6 Å². The van der Waals surface area contributed by atoms with E-state index in [9.17, 15) is 9.59 Å². The van der Waals surface area contributed by atoms with Crippen LogP contribution in [0.15, 0.2) is 18.2 Å². The fourth-order valence-corrected chi connectivity index (χ4v) is 8.66. The van der Waals surface area contributed by atoms with Crippen molar-refractivity contribution in [3.63, 3.8) is 0 Å². The Hall–Kier alpha value is -1.88. The number of hydrogen-bond donors (Lipinski definition) is 0. The summed E-state index contributed by atoms with van der Waals surface area (Å²) in [5.41, 5.74) is 4.14. The first kappa shape index (κ1) is 22.6. The Morgan fingerprint density at radius 2 is 1.68 bits per heavy atom. The van der Waals surface area contributed by atoms with Crippen LogP contribution in [0.2, 0.25) is 0 Å². The molecule has 6 aliphatic rings. The van der Waals surface area contributed by atoms with Gasteiger partial charge in [0.25, 0.3) is 0 Å². The highest BCUT2D eigenvalue weighted by Crippen LogP contribution is 2.66. The van der Waals surface area contributed by atoms with Gasteiger partial charge in [-0.25, -0.2) is 0 Å². The minimum absolute atomic E-state index is 0.0431. The van der Waals surface area contributed by atoms with Gasteiger partial charge in [0, 0.05) is 26.2 Å². The molecule has 2 saturated heterocycles. The van der Waals surface area contributed by atoms with E-state index < -0.39 is 0 Å². The van der Waals surface area contributed by atoms with Gasteiger partial charge in [-0.3, -0.25) is 9.59 Å². The lowest BCUT2D eigenvalue weighted by Gasteiger charge is -2.62. The van der Waals surface area contributed by atoms with Gasteiger partial charge < -0.3 is 14.5 Å². The standard InChI is InChI=1S/C29H40N2O3/c1-20-5-6-25(12-21(20)2)28-14-22-13-23(15-28)17-29(16-22,19-28)27(33)31-7-3-4-24(18-31)26(32)30-8-10-34-11-9-30/h5-6,12,22-24H,3-4,7-11,13-19H2,1-2H3. The second kappa shape index (κ2) is 8.36. The molecule has 2 aliphatic heterocycles. The molecule has 184 valence electrons. The molecule has 3 atom stereocenters. The Bertz CT molecular complexity index is 968. The largest absolute Gasteiger partial charge is 0.378 e. The number of ether oxygens (including phenoxy) is 1. The van der Waals surface area contributed by atoms with E-state index in [0.717, 1.165) is 38.6 Å². The molecule has 2 amide bonds. The van der Waals surface area contributed by atoms with Crippen LogP contribution in [0.4, 0.5) is 0 Å². The molecule has 3 unspecified atom stereocenters. The molecule has 4 aliphatic carbocycles. The number of morpholine rings is 1. The number of piperidine rings is 1. The molecule has 0 aromatic heterocycles. The molecule has 7 rings (SSSR count). The summed E-state index contributed by atoms with van der Waals surface area (Å²) in [6, 6.07) is 7.05. The molecular formula is C29H40N2O3. The molecule has 6 fully saturated rings. The van der Waals surface area contributed by atoms with E-state index in [1.807, 2.05) is 4.90 Å². The molecular weight excluding hydrogens is 424 g/mol. The summed E-state index contributed by atoms with van der Waals surface area (Å²) >= 11 is 0. The zero-order valence-electron chi connectivity index (χ0n) is 21.0. The number of rotatable bonds is 3. The van der Waals surface area contributed by atoms with Crippen molar-refractivity contribution in [3.8, 4) is 0 Å². The van der Waals surface area contributed by atoms with Crippen LogP contribution < -0.4 is 0 Å². The van der Waals surface area contributed by atoms with Crippen LogP contribution in [0.1, 0.15) is 68.1 Å². The van der Waals surface area contributed by atoms with Crippen LogP contribution >= 0.6 is 0 Å². The summed E-state index contributed by atoms with van der Waals surface area (Å²) < 4.78 is 5.44. The Balaban J connectivity index is 1.24. The topological polar surface area (TPSA) is 49.9 Å². The van der Waals surface area contributed by atoms with Gasteiger partial charge >= 0.3 is 0 Å². The summed E-state index contributed by atoms with van der Waals surface area (Å²) in [5, 5.41) is 0. The van der Waals surface area contributed by atoms with E-state index in [4.69, 9.17) is 4.74 Å². The average Bonchev–Trinajstić information content (AvgIpc) is 2.84. The third kappa shape index (κ3) is 3.70. The molecule has 4 bridgehead atoms. The average molecular weight is 465 g/mol. The number of aryl methyl sites for hydroxylation is 2. The quantitative estimate of drug-likeness (QED) is 0.672. The molecule has 1 aromatic rings. The van der Waals surface area contributed by atoms with E-state index in [0.29, 0.717) is 50.6 Å². The zero-order chi connectivity index (χ0) is 23.5. The Morgan fingerprint density at radius 3 is 2.38 bits per heavy atom. The molecule has 0 N–H and O–H groups in total. The number of carbonyl (C=O) groups excluding carboxylic acids is 2. The van der Waals surface area contributed by atoms with Crippen molar-refractivity contribution in [1.29, 1.82) is 0 Å². The van der Waals surface area contributed by atoms with E-state index in [2.05, 4.69) is 36.9 Å². The summed E-state index contributed by atoms with van der Waals surface area (Å²) in [7, 11) is 0. The molecule has 5 nitrogen and oxygen atoms in total. The first-order valence-electron chi connectivity index (χ1n) is 13.6. The molecule has 0 radical (unpaired) electrons. The van der Waals surface area contributed by atoms with E-state index in [1.54, 1.807) is 0 Å². The normalized spacial score (nSPS) is 37.2. The van der Waals surface area contributed by atoms with Gasteiger partial charge in [0.15, 0.2) is 0 Å². The highest BCUT2D eigenvalue weighted by atomic mass is 16.5. The van der Waals surface area contributed by atoms with Crippen molar-refractivity contribution in [3.05, 3.63) is 34.9 Å². The maximum Gasteiger partial charge on any atom is 0.228 e. The summed E-state index contributed by atoms with van der Waals surface area (Å²) in [6.07, 6.45) is 8.79. The summed E-state index contributed by atoms with van der Waals surface area (Å²) in [5.74, 6) is 1.90. The number of carbonyl (C=O) groups is 2. The van der Waals surface area contributed by atoms with Crippen LogP contribution in [0.25, 0.3) is 0 Å². The minimum atomic E-state index is -0.216. The van der Waals surface area contributed by atoms with E-state index >= 15 is 0 Å². The van der Waals surface area contributed by atoms with Crippen molar-refractivity contribution in [1.82, 2.24) is 9.80 Å². The van der Waals surface area contributed by atoms with Crippen LogP contribution in [0, 0.1) is 37.0 Å². The summed E-state index contributed by atoms with van der Waals surface area (Å²) in [4.78, 5) is 31.5. The zero-order valence-corrected chi connectivity index (χ0v) is 21.0. The Labute approximate surface area is 204 Å². The molecule has 2 heterocycles. The number of amides is 2. The lowest BCUT2D eigenvalue weighted by Crippen LogP contribution is -2.61. The number of likely N-dealkylation sites (tertiary alicyclic amines) is 1. The highest BCUT2D eigenvalue weighted by Gasteiger charge is 2.61. The Morgan fingerprint density at radius 1 is 0.941 bits per heavy atom. The number of hydrogen-bond acceptors (Lipinski definition) is 3. The maximum atomic E-state index is 14.3. The monoisotopic (exact) mass is 464 g/mol. The third-order valence-electron chi connectivity index (χ3n) is 10.0. The van der Waals surface area contributed by atoms with Gasteiger partial charge in [0.2, 0.25) is 11.8 Å². The van der Waals surface area contributed by atoms with Gasteiger partial charge in [0.05, 0.1) is 24.5 Å². The predicted molar refractivity (Wildman–Crippen MR) is 131 cm³/mol. The van der Waals surface area contributed by atoms with Crippen molar-refractivity contribution in [2.24, 2.45) is 23.2 Å². The first-order chi connectivity index (χ1) is 16.4. The van der Waals surface area contributed by atoms with Crippen molar-refractivity contribution >= 4 is 11.8 Å². The van der Waals surface area contributed by atoms with Gasteiger partial charge in [-0.2, -0.15) is 0 Å². The van der Waals surface area contributed by atoms with Crippen LogP contribution in [-0.2, 0) is 19.7 Å². The fraction of sp³-hybridized carbons (Fsp3) is 0.724. The molecule has 4 saturated carbocycles. The van der Waals surface area contributed by atoms with Gasteiger partial charge in [0.1, 0.15) is 0 Å². The van der Waals surface area contributed by atoms with Crippen molar-refractivity contribution < 1.29 is 14.3 Å². The van der Waals surface area contributed by atoms with Crippen LogP contribution in [0.3, 0.4) is 0 Å². The highest BCUT2D eigenvalue weighted by molar-refractivity contribution is 5.85. The lowest BCUT2D eigenvalue weighted by atomic mass is 9.42. The SMILES string of the molecule is Cc1ccc(C23CC4CC(CC(C(=O)N5CCCC(C(=O)N6CCOCC6)C5)(C4)C2)C3)cc1C. The third-order valence-corrected chi connectivity index (χ3v) is 10.0. The van der Waals surface area contributed by atoms with Crippen LogP contribution in [-0.4, -0.2) is 61.0 Å².